The highest BCUT2D eigenvalue weighted by Gasteiger charge is 2.04. The highest BCUT2D eigenvalue weighted by Crippen LogP contribution is 2.16. The summed E-state index contributed by atoms with van der Waals surface area (Å²) < 4.78 is 0. The SMILES string of the molecule is C1=CCCC(Nc2nccc(Nc3ccn[nH]3)n2)=C1. The van der Waals surface area contributed by atoms with Gasteiger partial charge in [-0.15, -0.1) is 0 Å². The summed E-state index contributed by atoms with van der Waals surface area (Å²) >= 11 is 0. The molecule has 1 aliphatic rings. The molecule has 0 radical (unpaired) electrons. The van der Waals surface area contributed by atoms with Crippen molar-refractivity contribution in [1.29, 1.82) is 0 Å². The van der Waals surface area contributed by atoms with Gasteiger partial charge in [-0.25, -0.2) is 4.98 Å². The lowest BCUT2D eigenvalue weighted by Crippen LogP contribution is -2.06. The second-order valence-electron chi connectivity index (χ2n) is 4.14. The number of aromatic nitrogens is 4. The van der Waals surface area contributed by atoms with E-state index >= 15 is 0 Å². The fraction of sp³-hybridized carbons (Fsp3) is 0.154. The molecule has 0 fully saturated rings. The molecular weight excluding hydrogens is 240 g/mol. The third-order valence-corrected chi connectivity index (χ3v) is 2.71. The van der Waals surface area contributed by atoms with Crippen LogP contribution in [-0.2, 0) is 0 Å². The van der Waals surface area contributed by atoms with Gasteiger partial charge in [0.15, 0.2) is 0 Å². The quantitative estimate of drug-likeness (QED) is 0.781. The van der Waals surface area contributed by atoms with Crippen molar-refractivity contribution in [1.82, 2.24) is 20.2 Å². The third kappa shape index (κ3) is 2.98. The van der Waals surface area contributed by atoms with Crippen molar-refractivity contribution < 1.29 is 0 Å². The second-order valence-corrected chi connectivity index (χ2v) is 4.14. The lowest BCUT2D eigenvalue weighted by atomic mass is 10.1. The first kappa shape index (κ1) is 11.5. The van der Waals surface area contributed by atoms with Gasteiger partial charge < -0.3 is 10.6 Å². The maximum atomic E-state index is 4.40. The average molecular weight is 254 g/mol. The number of rotatable bonds is 4. The Morgan fingerprint density at radius 2 is 2.16 bits per heavy atom. The first-order chi connectivity index (χ1) is 9.40. The molecule has 96 valence electrons. The summed E-state index contributed by atoms with van der Waals surface area (Å²) in [6.07, 6.45) is 11.7. The Labute approximate surface area is 110 Å². The van der Waals surface area contributed by atoms with Gasteiger partial charge in [0.2, 0.25) is 5.95 Å². The minimum atomic E-state index is 0.589. The molecule has 0 saturated heterocycles. The second kappa shape index (κ2) is 5.34. The van der Waals surface area contributed by atoms with Crippen LogP contribution in [0.4, 0.5) is 17.6 Å². The number of nitrogens with zero attached hydrogens (tertiary/aromatic N) is 3. The number of anilines is 3. The van der Waals surface area contributed by atoms with Crippen LogP contribution < -0.4 is 10.6 Å². The van der Waals surface area contributed by atoms with E-state index in [4.69, 9.17) is 0 Å². The maximum absolute atomic E-state index is 4.40. The highest BCUT2D eigenvalue weighted by molar-refractivity contribution is 5.52. The molecule has 6 nitrogen and oxygen atoms in total. The van der Waals surface area contributed by atoms with Crippen LogP contribution in [-0.4, -0.2) is 20.2 Å². The summed E-state index contributed by atoms with van der Waals surface area (Å²) in [5, 5.41) is 13.0. The lowest BCUT2D eigenvalue weighted by Gasteiger charge is -2.11. The van der Waals surface area contributed by atoms with Crippen molar-refractivity contribution in [2.75, 3.05) is 10.6 Å². The monoisotopic (exact) mass is 254 g/mol. The molecule has 2 aromatic heterocycles. The van der Waals surface area contributed by atoms with Crippen molar-refractivity contribution in [3.05, 3.63) is 48.5 Å². The minimum Gasteiger partial charge on any atom is -0.328 e. The van der Waals surface area contributed by atoms with Crippen LogP contribution in [0.3, 0.4) is 0 Å². The van der Waals surface area contributed by atoms with Gasteiger partial charge in [-0.2, -0.15) is 10.1 Å². The molecule has 0 unspecified atom stereocenters. The van der Waals surface area contributed by atoms with Crippen LogP contribution in [0.15, 0.2) is 48.5 Å². The van der Waals surface area contributed by atoms with Crippen LogP contribution in [0.2, 0.25) is 0 Å². The van der Waals surface area contributed by atoms with Crippen molar-refractivity contribution in [3.63, 3.8) is 0 Å². The van der Waals surface area contributed by atoms with Gasteiger partial charge in [0, 0.05) is 18.0 Å². The topological polar surface area (TPSA) is 78.5 Å². The molecule has 3 N–H and O–H groups in total. The number of aromatic amines is 1. The number of nitrogens with one attached hydrogen (secondary N) is 3. The Kier molecular flexibility index (Phi) is 3.22. The third-order valence-electron chi connectivity index (χ3n) is 2.71. The predicted molar refractivity (Wildman–Crippen MR) is 74.0 cm³/mol. The van der Waals surface area contributed by atoms with E-state index in [2.05, 4.69) is 36.9 Å². The number of hydrogen-bond acceptors (Lipinski definition) is 5. The molecule has 6 heteroatoms. The summed E-state index contributed by atoms with van der Waals surface area (Å²) in [4.78, 5) is 8.61. The van der Waals surface area contributed by atoms with E-state index in [1.54, 1.807) is 18.5 Å². The van der Waals surface area contributed by atoms with Gasteiger partial charge in [0.25, 0.3) is 0 Å². The van der Waals surface area contributed by atoms with Gasteiger partial charge in [-0.3, -0.25) is 5.10 Å². The zero-order valence-corrected chi connectivity index (χ0v) is 10.3. The van der Waals surface area contributed by atoms with Gasteiger partial charge in [0.1, 0.15) is 11.6 Å². The van der Waals surface area contributed by atoms with Crippen molar-refractivity contribution in [2.24, 2.45) is 0 Å². The van der Waals surface area contributed by atoms with Crippen molar-refractivity contribution in [3.8, 4) is 0 Å². The van der Waals surface area contributed by atoms with E-state index in [0.717, 1.165) is 24.4 Å². The smallest absolute Gasteiger partial charge is 0.228 e. The Balaban J connectivity index is 1.72. The Morgan fingerprint density at radius 3 is 2.95 bits per heavy atom. The Morgan fingerprint density at radius 1 is 1.16 bits per heavy atom. The van der Waals surface area contributed by atoms with Crippen LogP contribution in [0.5, 0.6) is 0 Å². The van der Waals surface area contributed by atoms with Crippen molar-refractivity contribution in [2.45, 2.75) is 12.8 Å². The van der Waals surface area contributed by atoms with E-state index in [1.807, 2.05) is 18.2 Å². The fourth-order valence-electron chi connectivity index (χ4n) is 1.80. The normalized spacial score (nSPS) is 14.0. The molecule has 0 aromatic carbocycles. The summed E-state index contributed by atoms with van der Waals surface area (Å²) in [5.41, 5.74) is 1.13. The fourth-order valence-corrected chi connectivity index (χ4v) is 1.80. The van der Waals surface area contributed by atoms with E-state index < -0.39 is 0 Å². The summed E-state index contributed by atoms with van der Waals surface area (Å²) in [5.74, 6) is 2.10. The predicted octanol–water partition coefficient (Wildman–Crippen LogP) is 2.59. The molecule has 0 aliphatic heterocycles. The van der Waals surface area contributed by atoms with Gasteiger partial charge >= 0.3 is 0 Å². The highest BCUT2D eigenvalue weighted by atomic mass is 15.2. The average Bonchev–Trinajstić information content (AvgIpc) is 2.93. The molecule has 2 heterocycles. The van der Waals surface area contributed by atoms with E-state index in [0.29, 0.717) is 11.8 Å². The maximum Gasteiger partial charge on any atom is 0.228 e. The molecule has 19 heavy (non-hydrogen) atoms. The van der Waals surface area contributed by atoms with Gasteiger partial charge in [-0.1, -0.05) is 12.2 Å². The lowest BCUT2D eigenvalue weighted by molar-refractivity contribution is 0.954. The summed E-state index contributed by atoms with van der Waals surface area (Å²) in [6, 6.07) is 3.64. The van der Waals surface area contributed by atoms with E-state index in [1.165, 1.54) is 0 Å². The van der Waals surface area contributed by atoms with E-state index in [9.17, 15) is 0 Å². The molecule has 0 amide bonds. The summed E-state index contributed by atoms with van der Waals surface area (Å²) in [7, 11) is 0. The zero-order valence-electron chi connectivity index (χ0n) is 10.3. The molecular formula is C13H14N6. The first-order valence-corrected chi connectivity index (χ1v) is 6.12. The minimum absolute atomic E-state index is 0.589. The van der Waals surface area contributed by atoms with Crippen LogP contribution in [0.25, 0.3) is 0 Å². The van der Waals surface area contributed by atoms with Crippen molar-refractivity contribution >= 4 is 17.6 Å². The van der Waals surface area contributed by atoms with E-state index in [-0.39, 0.29) is 0 Å². The van der Waals surface area contributed by atoms with Crippen LogP contribution >= 0.6 is 0 Å². The van der Waals surface area contributed by atoms with Gasteiger partial charge in [0.05, 0.1) is 6.20 Å². The molecule has 0 saturated carbocycles. The standard InChI is InChI=1S/C13H14N6/c1-2-4-10(5-3-1)16-13-14-8-6-11(18-13)17-12-7-9-15-19-12/h1-2,4,6-9H,3,5H2,(H3,14,15,16,17,18,19). The largest absolute Gasteiger partial charge is 0.328 e. The summed E-state index contributed by atoms with van der Waals surface area (Å²) in [6.45, 7) is 0. The van der Waals surface area contributed by atoms with Crippen LogP contribution in [0.1, 0.15) is 12.8 Å². The van der Waals surface area contributed by atoms with Gasteiger partial charge in [-0.05, 0) is 25.0 Å². The Bertz CT molecular complexity index is 599. The zero-order chi connectivity index (χ0) is 12.9. The number of allylic oxidation sites excluding steroid dienone is 4. The molecule has 0 spiro atoms. The number of hydrogen-bond donors (Lipinski definition) is 3. The molecule has 0 bridgehead atoms. The molecule has 2 aromatic rings. The Hall–Kier alpha value is -2.63. The molecule has 0 atom stereocenters. The molecule has 3 rings (SSSR count). The molecule has 1 aliphatic carbocycles. The number of H-pyrrole nitrogens is 1. The van der Waals surface area contributed by atoms with Crippen LogP contribution in [0, 0.1) is 0 Å². The first-order valence-electron chi connectivity index (χ1n) is 6.12.